The predicted octanol–water partition coefficient (Wildman–Crippen LogP) is 3.00. The zero-order chi connectivity index (χ0) is 14.9. The van der Waals surface area contributed by atoms with Crippen LogP contribution in [-0.2, 0) is 6.54 Å². The van der Waals surface area contributed by atoms with Crippen molar-refractivity contribution in [1.29, 1.82) is 0 Å². The van der Waals surface area contributed by atoms with E-state index in [4.69, 9.17) is 4.74 Å². The van der Waals surface area contributed by atoms with Gasteiger partial charge in [0.15, 0.2) is 0 Å². The number of methoxy groups -OCH3 is 1. The van der Waals surface area contributed by atoms with E-state index in [1.54, 1.807) is 7.11 Å². The minimum Gasteiger partial charge on any atom is -0.497 e. The molecule has 3 atom stereocenters. The fourth-order valence-corrected chi connectivity index (χ4v) is 4.90. The Hall–Kier alpha value is -1.06. The first-order chi connectivity index (χ1) is 10.8. The van der Waals surface area contributed by atoms with Crippen LogP contribution in [0, 0.1) is 11.8 Å². The average molecular weight is 300 g/mol. The number of nitrogens with zero attached hydrogens (tertiary/aromatic N) is 2. The van der Waals surface area contributed by atoms with E-state index in [1.165, 1.54) is 57.4 Å². The number of piperazine rings is 1. The number of rotatable bonds is 4. The molecule has 0 radical (unpaired) electrons. The summed E-state index contributed by atoms with van der Waals surface area (Å²) in [4.78, 5) is 5.40. The van der Waals surface area contributed by atoms with Crippen molar-refractivity contribution in [2.24, 2.45) is 11.8 Å². The highest BCUT2D eigenvalue weighted by Crippen LogP contribution is 2.46. The lowest BCUT2D eigenvalue weighted by molar-refractivity contribution is 0.0679. The van der Waals surface area contributed by atoms with Gasteiger partial charge >= 0.3 is 0 Å². The lowest BCUT2D eigenvalue weighted by Gasteiger charge is -2.41. The number of fused-ring (bicyclic) bond motifs is 2. The molecule has 3 unspecified atom stereocenters. The van der Waals surface area contributed by atoms with Gasteiger partial charge in [-0.05, 0) is 48.8 Å². The quantitative estimate of drug-likeness (QED) is 0.850. The van der Waals surface area contributed by atoms with Gasteiger partial charge in [-0.25, -0.2) is 0 Å². The second kappa shape index (κ2) is 6.21. The second-order valence-corrected chi connectivity index (χ2v) is 7.40. The molecule has 120 valence electrons. The van der Waals surface area contributed by atoms with Gasteiger partial charge in [0.2, 0.25) is 0 Å². The van der Waals surface area contributed by atoms with Gasteiger partial charge in [-0.1, -0.05) is 18.6 Å². The summed E-state index contributed by atoms with van der Waals surface area (Å²) in [5.41, 5.74) is 1.40. The molecule has 4 rings (SSSR count). The summed E-state index contributed by atoms with van der Waals surface area (Å²) in [6.07, 6.45) is 6.03. The van der Waals surface area contributed by atoms with E-state index >= 15 is 0 Å². The SMILES string of the molecule is COc1ccc(CN2CCN(C3CC4CCC3C4)CC2)cc1. The van der Waals surface area contributed by atoms with E-state index in [1.807, 2.05) is 0 Å². The molecule has 1 heterocycles. The van der Waals surface area contributed by atoms with Gasteiger partial charge in [0.1, 0.15) is 5.75 Å². The highest BCUT2D eigenvalue weighted by molar-refractivity contribution is 5.27. The zero-order valence-electron chi connectivity index (χ0n) is 13.7. The fraction of sp³-hybridized carbons (Fsp3) is 0.684. The van der Waals surface area contributed by atoms with E-state index in [0.29, 0.717) is 0 Å². The van der Waals surface area contributed by atoms with Gasteiger partial charge in [0, 0.05) is 38.8 Å². The maximum atomic E-state index is 5.23. The number of ether oxygens (including phenoxy) is 1. The van der Waals surface area contributed by atoms with E-state index in [0.717, 1.165) is 30.2 Å². The van der Waals surface area contributed by atoms with Gasteiger partial charge in [0.05, 0.1) is 7.11 Å². The molecule has 0 spiro atoms. The Morgan fingerprint density at radius 3 is 2.36 bits per heavy atom. The summed E-state index contributed by atoms with van der Waals surface area (Å²) in [7, 11) is 1.73. The highest BCUT2D eigenvalue weighted by Gasteiger charge is 2.42. The number of hydrogen-bond acceptors (Lipinski definition) is 3. The zero-order valence-corrected chi connectivity index (χ0v) is 13.7. The summed E-state index contributed by atoms with van der Waals surface area (Å²) in [6.45, 7) is 6.06. The molecule has 0 N–H and O–H groups in total. The van der Waals surface area contributed by atoms with Crippen LogP contribution >= 0.6 is 0 Å². The Balaban J connectivity index is 1.28. The minimum absolute atomic E-state index is 0.918. The maximum Gasteiger partial charge on any atom is 0.118 e. The second-order valence-electron chi connectivity index (χ2n) is 7.40. The van der Waals surface area contributed by atoms with Crippen molar-refractivity contribution in [2.75, 3.05) is 33.3 Å². The van der Waals surface area contributed by atoms with Gasteiger partial charge in [0.25, 0.3) is 0 Å². The molecule has 3 fully saturated rings. The molecule has 1 aliphatic heterocycles. The fourth-order valence-electron chi connectivity index (χ4n) is 4.90. The van der Waals surface area contributed by atoms with Crippen molar-refractivity contribution in [3.05, 3.63) is 29.8 Å². The maximum absolute atomic E-state index is 5.23. The summed E-state index contributed by atoms with van der Waals surface area (Å²) in [5, 5.41) is 0. The van der Waals surface area contributed by atoms with Crippen LogP contribution in [0.2, 0.25) is 0 Å². The average Bonchev–Trinajstić information content (AvgIpc) is 3.19. The van der Waals surface area contributed by atoms with Crippen LogP contribution in [0.1, 0.15) is 31.2 Å². The molecule has 2 aliphatic carbocycles. The smallest absolute Gasteiger partial charge is 0.118 e. The third-order valence-corrected chi connectivity index (χ3v) is 6.14. The van der Waals surface area contributed by atoms with Crippen LogP contribution in [0.5, 0.6) is 5.75 Å². The Morgan fingerprint density at radius 2 is 1.77 bits per heavy atom. The summed E-state index contributed by atoms with van der Waals surface area (Å²) < 4.78 is 5.23. The van der Waals surface area contributed by atoms with E-state index in [9.17, 15) is 0 Å². The van der Waals surface area contributed by atoms with Gasteiger partial charge < -0.3 is 4.74 Å². The van der Waals surface area contributed by atoms with E-state index < -0.39 is 0 Å². The Bertz CT molecular complexity index is 493. The molecule has 1 saturated heterocycles. The summed E-state index contributed by atoms with van der Waals surface area (Å²) >= 11 is 0. The lowest BCUT2D eigenvalue weighted by Crippen LogP contribution is -2.51. The van der Waals surface area contributed by atoms with Crippen LogP contribution in [0.15, 0.2) is 24.3 Å². The molecule has 1 aromatic carbocycles. The third-order valence-electron chi connectivity index (χ3n) is 6.14. The normalized spacial score (nSPS) is 32.5. The molecule has 3 heteroatoms. The van der Waals surface area contributed by atoms with Crippen LogP contribution in [0.4, 0.5) is 0 Å². The van der Waals surface area contributed by atoms with Gasteiger partial charge in [-0.2, -0.15) is 0 Å². The molecular weight excluding hydrogens is 272 g/mol. The molecule has 3 aliphatic rings. The highest BCUT2D eigenvalue weighted by atomic mass is 16.5. The van der Waals surface area contributed by atoms with Crippen molar-refractivity contribution in [2.45, 2.75) is 38.3 Å². The first kappa shape index (κ1) is 14.5. The Morgan fingerprint density at radius 1 is 1.00 bits per heavy atom. The standard InChI is InChI=1S/C19H28N2O/c1-22-18-6-3-15(4-7-18)14-20-8-10-21(11-9-20)19-13-16-2-5-17(19)12-16/h3-4,6-7,16-17,19H,2,5,8-14H2,1H3. The molecule has 3 nitrogen and oxygen atoms in total. The summed E-state index contributed by atoms with van der Waals surface area (Å²) in [6, 6.07) is 9.45. The summed E-state index contributed by atoms with van der Waals surface area (Å²) in [5.74, 6) is 3.04. The largest absolute Gasteiger partial charge is 0.497 e. The molecule has 2 bridgehead atoms. The van der Waals surface area contributed by atoms with E-state index in [-0.39, 0.29) is 0 Å². The van der Waals surface area contributed by atoms with Crippen molar-refractivity contribution >= 4 is 0 Å². The van der Waals surface area contributed by atoms with Crippen molar-refractivity contribution in [3.63, 3.8) is 0 Å². The van der Waals surface area contributed by atoms with Crippen molar-refractivity contribution in [3.8, 4) is 5.75 Å². The molecule has 2 saturated carbocycles. The monoisotopic (exact) mass is 300 g/mol. The topological polar surface area (TPSA) is 15.7 Å². The Labute approximate surface area is 134 Å². The first-order valence-electron chi connectivity index (χ1n) is 8.91. The van der Waals surface area contributed by atoms with Crippen LogP contribution < -0.4 is 4.74 Å². The van der Waals surface area contributed by atoms with Gasteiger partial charge in [-0.15, -0.1) is 0 Å². The molecule has 1 aromatic rings. The first-order valence-corrected chi connectivity index (χ1v) is 8.91. The van der Waals surface area contributed by atoms with Crippen LogP contribution in [0.3, 0.4) is 0 Å². The molecule has 0 amide bonds. The van der Waals surface area contributed by atoms with Gasteiger partial charge in [-0.3, -0.25) is 9.80 Å². The molecule has 0 aromatic heterocycles. The Kier molecular flexibility index (Phi) is 4.10. The van der Waals surface area contributed by atoms with Crippen LogP contribution in [0.25, 0.3) is 0 Å². The predicted molar refractivity (Wildman–Crippen MR) is 89.1 cm³/mol. The van der Waals surface area contributed by atoms with Crippen LogP contribution in [-0.4, -0.2) is 49.1 Å². The molecule has 22 heavy (non-hydrogen) atoms. The minimum atomic E-state index is 0.918. The molecular formula is C19H28N2O. The lowest BCUT2D eigenvalue weighted by atomic mass is 9.93. The van der Waals surface area contributed by atoms with E-state index in [2.05, 4.69) is 34.1 Å². The third kappa shape index (κ3) is 2.89. The number of benzene rings is 1. The van der Waals surface area contributed by atoms with Crippen molar-refractivity contribution in [1.82, 2.24) is 9.80 Å². The van der Waals surface area contributed by atoms with Crippen molar-refractivity contribution < 1.29 is 4.74 Å². The number of hydrogen-bond donors (Lipinski definition) is 0.